The highest BCUT2D eigenvalue weighted by molar-refractivity contribution is 6.33. The first-order valence-electron chi connectivity index (χ1n) is 8.06. The number of hydrogen-bond acceptors (Lipinski definition) is 11. The van der Waals surface area contributed by atoms with Crippen LogP contribution in [-0.2, 0) is 19.0 Å². The van der Waals surface area contributed by atoms with E-state index in [4.69, 9.17) is 31.1 Å². The molecule has 12 heteroatoms. The largest absolute Gasteiger partial charge is 0.454 e. The van der Waals surface area contributed by atoms with Gasteiger partial charge in [-0.2, -0.15) is 0 Å². The van der Waals surface area contributed by atoms with E-state index in [1.165, 1.54) is 0 Å². The molecule has 10 N–H and O–H groups in total. The lowest BCUT2D eigenvalue weighted by Gasteiger charge is -2.45. The van der Waals surface area contributed by atoms with E-state index in [1.807, 2.05) is 0 Å². The lowest BCUT2D eigenvalue weighted by Crippen LogP contribution is -2.66. The van der Waals surface area contributed by atoms with E-state index < -0.39 is 73.0 Å². The molecule has 12 nitrogen and oxygen atoms in total. The Balaban J connectivity index is 2.02. The van der Waals surface area contributed by atoms with E-state index in [2.05, 4.69) is 0 Å². The number of aliphatic hydroxyl groups is 5. The highest BCUT2D eigenvalue weighted by atomic mass is 16.7. The van der Waals surface area contributed by atoms with E-state index in [-0.39, 0.29) is 6.42 Å². The summed E-state index contributed by atoms with van der Waals surface area (Å²) in [7, 11) is 0. The summed E-state index contributed by atoms with van der Waals surface area (Å²) in [6, 6.07) is -0.850. The quantitative estimate of drug-likeness (QED) is 0.132. The smallest absolute Gasteiger partial charge is 0.373 e. The number of ether oxygens (including phenoxy) is 3. The van der Waals surface area contributed by atoms with E-state index in [0.717, 1.165) is 0 Å². The summed E-state index contributed by atoms with van der Waals surface area (Å²) in [6.45, 7) is 1.56. The minimum atomic E-state index is -1.74. The molecule has 1 heterocycles. The second kappa shape index (κ2) is 8.10. The average molecular weight is 379 g/mol. The van der Waals surface area contributed by atoms with Crippen LogP contribution in [0.25, 0.3) is 0 Å². The third-order valence-electron chi connectivity index (χ3n) is 4.57. The maximum Gasteiger partial charge on any atom is 0.373 e. The van der Waals surface area contributed by atoms with Crippen LogP contribution in [0.2, 0.25) is 0 Å². The van der Waals surface area contributed by atoms with Crippen LogP contribution >= 0.6 is 0 Å². The number of esters is 1. The Morgan fingerprint density at radius 2 is 1.58 bits per heavy atom. The summed E-state index contributed by atoms with van der Waals surface area (Å²) >= 11 is 0. The number of hydrogen-bond donors (Lipinski definition) is 8. The molecule has 2 aliphatic rings. The molecule has 1 saturated carbocycles. The number of aliphatic hydroxyl groups excluding tert-OH is 5. The Morgan fingerprint density at radius 3 is 2.08 bits per heavy atom. The molecular weight excluding hydrogens is 354 g/mol. The normalized spacial score (nSPS) is 46.6. The first-order valence-corrected chi connectivity index (χ1v) is 8.06. The lowest BCUT2D eigenvalue weighted by molar-refractivity contribution is -0.300. The SMILES string of the molecule is CC1OC(OC2C(O)C(O)C(O)C(O)C2O)C(N)CC1OC(=O)C(=N)N. The molecule has 0 radical (unpaired) electrons. The van der Waals surface area contributed by atoms with Gasteiger partial charge in [-0.1, -0.05) is 0 Å². The minimum Gasteiger partial charge on any atom is -0.454 e. The molecule has 0 aromatic rings. The molecule has 2 rings (SSSR count). The van der Waals surface area contributed by atoms with E-state index in [1.54, 1.807) is 6.92 Å². The molecule has 8 atom stereocenters. The Labute approximate surface area is 148 Å². The number of amidine groups is 1. The Hall–Kier alpha value is -1.38. The Bertz CT molecular complexity index is 520. The van der Waals surface area contributed by atoms with Gasteiger partial charge in [0.05, 0.1) is 12.1 Å². The van der Waals surface area contributed by atoms with Gasteiger partial charge in [0.15, 0.2) is 6.29 Å². The second-order valence-electron chi connectivity index (χ2n) is 6.52. The van der Waals surface area contributed by atoms with Gasteiger partial charge < -0.3 is 51.2 Å². The topological polar surface area (TPSA) is 222 Å². The molecular formula is C14H25N3O9. The van der Waals surface area contributed by atoms with Crippen LogP contribution in [0.1, 0.15) is 13.3 Å². The van der Waals surface area contributed by atoms with Gasteiger partial charge in [0, 0.05) is 6.42 Å². The van der Waals surface area contributed by atoms with Crippen LogP contribution in [0.5, 0.6) is 0 Å². The zero-order valence-electron chi connectivity index (χ0n) is 14.0. The Morgan fingerprint density at radius 1 is 1.08 bits per heavy atom. The van der Waals surface area contributed by atoms with Crippen molar-refractivity contribution in [2.45, 2.75) is 74.5 Å². The van der Waals surface area contributed by atoms with Gasteiger partial charge >= 0.3 is 5.97 Å². The molecule has 26 heavy (non-hydrogen) atoms. The fraction of sp³-hybridized carbons (Fsp3) is 0.857. The van der Waals surface area contributed by atoms with Crippen LogP contribution in [0, 0.1) is 5.41 Å². The summed E-state index contributed by atoms with van der Waals surface area (Å²) < 4.78 is 16.0. The van der Waals surface area contributed by atoms with Gasteiger partial charge in [-0.05, 0) is 6.92 Å². The predicted octanol–water partition coefficient (Wildman–Crippen LogP) is -4.50. The van der Waals surface area contributed by atoms with Crippen LogP contribution in [-0.4, -0.2) is 98.5 Å². The van der Waals surface area contributed by atoms with Crippen molar-refractivity contribution in [1.29, 1.82) is 5.41 Å². The zero-order chi connectivity index (χ0) is 19.8. The van der Waals surface area contributed by atoms with Gasteiger partial charge in [0.1, 0.15) is 42.7 Å². The first-order chi connectivity index (χ1) is 12.0. The predicted molar refractivity (Wildman–Crippen MR) is 83.6 cm³/mol. The fourth-order valence-corrected chi connectivity index (χ4v) is 2.96. The second-order valence-corrected chi connectivity index (χ2v) is 6.52. The fourth-order valence-electron chi connectivity index (χ4n) is 2.96. The number of nitrogens with two attached hydrogens (primary N) is 2. The van der Waals surface area contributed by atoms with Gasteiger partial charge in [-0.3, -0.25) is 5.41 Å². The van der Waals surface area contributed by atoms with Crippen LogP contribution in [0.4, 0.5) is 0 Å². The van der Waals surface area contributed by atoms with Crippen molar-refractivity contribution in [2.24, 2.45) is 11.5 Å². The molecule has 1 saturated heterocycles. The summed E-state index contributed by atoms with van der Waals surface area (Å²) in [6.07, 6.45) is -12.6. The Kier molecular flexibility index (Phi) is 6.52. The number of carbonyl (C=O) groups excluding carboxylic acids is 1. The molecule has 1 aliphatic heterocycles. The molecule has 150 valence electrons. The molecule has 0 amide bonds. The standard InChI is InChI=1S/C14H25N3O9/c1-3-5(25-13(23)12(16)17)2-4(15)14(24-3)26-11-9(21)7(19)6(18)8(20)10(11)22/h3-11,14,18-22H,2,15H2,1H3,(H3,16,17). The molecule has 0 bridgehead atoms. The van der Waals surface area contributed by atoms with Gasteiger partial charge in [0.2, 0.25) is 5.84 Å². The minimum absolute atomic E-state index is 0.0808. The summed E-state index contributed by atoms with van der Waals surface area (Å²) in [4.78, 5) is 11.4. The van der Waals surface area contributed by atoms with E-state index >= 15 is 0 Å². The molecule has 1 aliphatic carbocycles. The van der Waals surface area contributed by atoms with Crippen molar-refractivity contribution in [3.05, 3.63) is 0 Å². The number of rotatable bonds is 3. The highest BCUT2D eigenvalue weighted by Gasteiger charge is 2.51. The van der Waals surface area contributed by atoms with E-state index in [0.29, 0.717) is 0 Å². The molecule has 8 unspecified atom stereocenters. The third-order valence-corrected chi connectivity index (χ3v) is 4.57. The highest BCUT2D eigenvalue weighted by Crippen LogP contribution is 2.29. The van der Waals surface area contributed by atoms with Gasteiger partial charge in [0.25, 0.3) is 0 Å². The van der Waals surface area contributed by atoms with Crippen molar-refractivity contribution >= 4 is 11.8 Å². The van der Waals surface area contributed by atoms with Crippen molar-refractivity contribution < 1.29 is 44.5 Å². The molecule has 0 spiro atoms. The first kappa shape index (κ1) is 20.9. The van der Waals surface area contributed by atoms with Crippen LogP contribution in [0.15, 0.2) is 0 Å². The average Bonchev–Trinajstić information content (AvgIpc) is 2.58. The van der Waals surface area contributed by atoms with Gasteiger partial charge in [-0.15, -0.1) is 0 Å². The molecule has 0 aromatic carbocycles. The summed E-state index contributed by atoms with van der Waals surface area (Å²) in [5.41, 5.74) is 11.0. The molecule has 2 fully saturated rings. The summed E-state index contributed by atoms with van der Waals surface area (Å²) in [5.74, 6) is -1.78. The van der Waals surface area contributed by atoms with Crippen molar-refractivity contribution in [3.63, 3.8) is 0 Å². The van der Waals surface area contributed by atoms with Crippen molar-refractivity contribution in [3.8, 4) is 0 Å². The third kappa shape index (κ3) is 4.13. The van der Waals surface area contributed by atoms with Crippen LogP contribution in [0.3, 0.4) is 0 Å². The maximum absolute atomic E-state index is 11.4. The maximum atomic E-state index is 11.4. The van der Waals surface area contributed by atoms with Crippen molar-refractivity contribution in [2.75, 3.05) is 0 Å². The number of nitrogens with one attached hydrogen (secondary N) is 1. The monoisotopic (exact) mass is 379 g/mol. The number of carbonyl (C=O) groups is 1. The van der Waals surface area contributed by atoms with Crippen molar-refractivity contribution in [1.82, 2.24) is 0 Å². The van der Waals surface area contributed by atoms with Crippen LogP contribution < -0.4 is 11.5 Å². The van der Waals surface area contributed by atoms with Gasteiger partial charge in [-0.25, -0.2) is 4.79 Å². The lowest BCUT2D eigenvalue weighted by atomic mass is 9.84. The summed E-state index contributed by atoms with van der Waals surface area (Å²) in [5, 5.41) is 56.1. The zero-order valence-corrected chi connectivity index (χ0v) is 14.0. The van der Waals surface area contributed by atoms with E-state index in [9.17, 15) is 30.3 Å². The molecule has 0 aromatic heterocycles.